The lowest BCUT2D eigenvalue weighted by molar-refractivity contribution is -0.380. The Labute approximate surface area is 91.8 Å². The molecule has 1 heterocycles. The lowest BCUT2D eigenvalue weighted by Crippen LogP contribution is -2.12. The highest BCUT2D eigenvalue weighted by Crippen LogP contribution is 2.30. The molecule has 0 radical (unpaired) electrons. The SMILES string of the molecule is COC(C)OC(C)c1ccc([N+](=O)[O-])s1. The van der Waals surface area contributed by atoms with Crippen molar-refractivity contribution < 1.29 is 14.4 Å². The van der Waals surface area contributed by atoms with E-state index < -0.39 is 4.92 Å². The van der Waals surface area contributed by atoms with Crippen LogP contribution in [0.25, 0.3) is 0 Å². The topological polar surface area (TPSA) is 61.6 Å². The molecule has 84 valence electrons. The summed E-state index contributed by atoms with van der Waals surface area (Å²) in [5.74, 6) is 0. The van der Waals surface area contributed by atoms with Crippen LogP contribution in [0.4, 0.5) is 5.00 Å². The number of ether oxygens (including phenoxy) is 2. The van der Waals surface area contributed by atoms with E-state index in [2.05, 4.69) is 0 Å². The zero-order chi connectivity index (χ0) is 11.4. The van der Waals surface area contributed by atoms with Gasteiger partial charge in [-0.3, -0.25) is 10.1 Å². The monoisotopic (exact) mass is 231 g/mol. The second kappa shape index (κ2) is 5.20. The van der Waals surface area contributed by atoms with Gasteiger partial charge in [-0.05, 0) is 19.9 Å². The number of methoxy groups -OCH3 is 1. The molecule has 0 fully saturated rings. The first-order valence-corrected chi connectivity index (χ1v) is 5.28. The van der Waals surface area contributed by atoms with Crippen LogP contribution in [0.5, 0.6) is 0 Å². The van der Waals surface area contributed by atoms with Crippen molar-refractivity contribution in [3.63, 3.8) is 0 Å². The average molecular weight is 231 g/mol. The van der Waals surface area contributed by atoms with Crippen molar-refractivity contribution >= 4 is 16.3 Å². The van der Waals surface area contributed by atoms with Crippen LogP contribution in [0.1, 0.15) is 24.8 Å². The molecule has 0 bridgehead atoms. The van der Waals surface area contributed by atoms with Gasteiger partial charge in [-0.15, -0.1) is 0 Å². The Hall–Kier alpha value is -0.980. The molecule has 0 aliphatic heterocycles. The number of rotatable bonds is 5. The average Bonchev–Trinajstić information content (AvgIpc) is 2.66. The number of nitro groups is 1. The van der Waals surface area contributed by atoms with Gasteiger partial charge in [0.05, 0.1) is 11.0 Å². The van der Waals surface area contributed by atoms with Crippen molar-refractivity contribution in [2.24, 2.45) is 0 Å². The molecule has 0 spiro atoms. The molecule has 0 saturated heterocycles. The van der Waals surface area contributed by atoms with Gasteiger partial charge < -0.3 is 9.47 Å². The van der Waals surface area contributed by atoms with E-state index in [0.717, 1.165) is 16.2 Å². The van der Waals surface area contributed by atoms with E-state index in [-0.39, 0.29) is 17.4 Å². The van der Waals surface area contributed by atoms with Crippen molar-refractivity contribution in [1.82, 2.24) is 0 Å². The number of hydrogen-bond donors (Lipinski definition) is 0. The highest BCUT2D eigenvalue weighted by atomic mass is 32.1. The molecule has 1 aromatic heterocycles. The van der Waals surface area contributed by atoms with Gasteiger partial charge in [-0.25, -0.2) is 0 Å². The van der Waals surface area contributed by atoms with E-state index in [1.165, 1.54) is 6.07 Å². The van der Waals surface area contributed by atoms with Gasteiger partial charge in [-0.1, -0.05) is 11.3 Å². The van der Waals surface area contributed by atoms with Crippen LogP contribution in [0, 0.1) is 10.1 Å². The van der Waals surface area contributed by atoms with E-state index in [4.69, 9.17) is 9.47 Å². The van der Waals surface area contributed by atoms with Crippen molar-refractivity contribution in [2.45, 2.75) is 26.2 Å². The fourth-order valence-electron chi connectivity index (χ4n) is 1.07. The molecule has 6 heteroatoms. The van der Waals surface area contributed by atoms with Gasteiger partial charge in [0.1, 0.15) is 0 Å². The van der Waals surface area contributed by atoms with Crippen LogP contribution in [0.15, 0.2) is 12.1 Å². The Bertz CT molecular complexity index is 339. The molecule has 15 heavy (non-hydrogen) atoms. The number of nitrogens with zero attached hydrogens (tertiary/aromatic N) is 1. The Kier molecular flexibility index (Phi) is 4.19. The smallest absolute Gasteiger partial charge is 0.324 e. The molecule has 0 amide bonds. The van der Waals surface area contributed by atoms with Crippen molar-refractivity contribution in [3.05, 3.63) is 27.1 Å². The van der Waals surface area contributed by atoms with E-state index in [0.29, 0.717) is 0 Å². The third-order valence-electron chi connectivity index (χ3n) is 1.92. The van der Waals surface area contributed by atoms with Crippen LogP contribution in [0.2, 0.25) is 0 Å². The lowest BCUT2D eigenvalue weighted by Gasteiger charge is -2.16. The molecule has 0 aromatic carbocycles. The molecule has 0 saturated carbocycles. The van der Waals surface area contributed by atoms with Crippen molar-refractivity contribution in [2.75, 3.05) is 7.11 Å². The molecule has 2 unspecified atom stereocenters. The zero-order valence-electron chi connectivity index (χ0n) is 8.80. The molecular formula is C9H13NO4S. The highest BCUT2D eigenvalue weighted by molar-refractivity contribution is 7.15. The van der Waals surface area contributed by atoms with E-state index in [1.54, 1.807) is 20.1 Å². The minimum atomic E-state index is -0.402. The van der Waals surface area contributed by atoms with Crippen LogP contribution < -0.4 is 0 Å². The lowest BCUT2D eigenvalue weighted by atomic mass is 10.3. The van der Waals surface area contributed by atoms with Crippen molar-refractivity contribution in [1.29, 1.82) is 0 Å². The van der Waals surface area contributed by atoms with E-state index in [9.17, 15) is 10.1 Å². The molecule has 1 aromatic rings. The fourth-order valence-corrected chi connectivity index (χ4v) is 1.88. The Morgan fingerprint density at radius 1 is 1.47 bits per heavy atom. The Morgan fingerprint density at radius 2 is 2.13 bits per heavy atom. The summed E-state index contributed by atoms with van der Waals surface area (Å²) in [5, 5.41) is 10.6. The summed E-state index contributed by atoms with van der Waals surface area (Å²) in [6, 6.07) is 3.19. The molecule has 5 nitrogen and oxygen atoms in total. The highest BCUT2D eigenvalue weighted by Gasteiger charge is 2.16. The molecule has 1 rings (SSSR count). The normalized spacial score (nSPS) is 14.9. The van der Waals surface area contributed by atoms with Gasteiger partial charge in [0, 0.05) is 18.1 Å². The maximum Gasteiger partial charge on any atom is 0.324 e. The van der Waals surface area contributed by atoms with Gasteiger partial charge in [0.15, 0.2) is 6.29 Å². The summed E-state index contributed by atoms with van der Waals surface area (Å²) < 4.78 is 10.4. The van der Waals surface area contributed by atoms with Crippen molar-refractivity contribution in [3.8, 4) is 0 Å². The Morgan fingerprint density at radius 3 is 2.60 bits per heavy atom. The third-order valence-corrected chi connectivity index (χ3v) is 3.12. The maximum atomic E-state index is 10.5. The minimum absolute atomic E-state index is 0.130. The number of hydrogen-bond acceptors (Lipinski definition) is 5. The van der Waals surface area contributed by atoms with Crippen LogP contribution >= 0.6 is 11.3 Å². The number of thiophene rings is 1. The van der Waals surface area contributed by atoms with Crippen LogP contribution in [0.3, 0.4) is 0 Å². The Balaban J connectivity index is 2.65. The zero-order valence-corrected chi connectivity index (χ0v) is 9.61. The fraction of sp³-hybridized carbons (Fsp3) is 0.556. The van der Waals surface area contributed by atoms with E-state index >= 15 is 0 Å². The maximum absolute atomic E-state index is 10.5. The van der Waals surface area contributed by atoms with E-state index in [1.807, 2.05) is 6.92 Å². The quantitative estimate of drug-likeness (QED) is 0.444. The minimum Gasteiger partial charge on any atom is -0.356 e. The summed E-state index contributed by atoms with van der Waals surface area (Å²) in [5.41, 5.74) is 0. The standard InChI is InChI=1S/C9H13NO4S/c1-6(14-7(2)13-3)8-4-5-9(15-8)10(11)12/h4-7H,1-3H3. The summed E-state index contributed by atoms with van der Waals surface area (Å²) in [7, 11) is 1.55. The first-order valence-electron chi connectivity index (χ1n) is 4.47. The third kappa shape index (κ3) is 3.26. The first kappa shape index (κ1) is 12.1. The molecule has 0 aliphatic rings. The second-order valence-electron chi connectivity index (χ2n) is 3.01. The predicted molar refractivity (Wildman–Crippen MR) is 56.9 cm³/mol. The van der Waals surface area contributed by atoms with Gasteiger partial charge in [0.25, 0.3) is 0 Å². The second-order valence-corrected chi connectivity index (χ2v) is 4.11. The van der Waals surface area contributed by atoms with Gasteiger partial charge >= 0.3 is 5.00 Å². The summed E-state index contributed by atoms with van der Waals surface area (Å²) in [6.45, 7) is 3.61. The van der Waals surface area contributed by atoms with Crippen LogP contribution in [-0.2, 0) is 9.47 Å². The first-order chi connectivity index (χ1) is 7.04. The molecule has 0 N–H and O–H groups in total. The molecular weight excluding hydrogens is 218 g/mol. The molecule has 0 aliphatic carbocycles. The van der Waals surface area contributed by atoms with Gasteiger partial charge in [0.2, 0.25) is 0 Å². The summed E-state index contributed by atoms with van der Waals surface area (Å²) in [6.07, 6.45) is -0.514. The predicted octanol–water partition coefficient (Wildman–Crippen LogP) is 2.73. The van der Waals surface area contributed by atoms with Crippen LogP contribution in [-0.4, -0.2) is 18.3 Å². The largest absolute Gasteiger partial charge is 0.356 e. The van der Waals surface area contributed by atoms with Gasteiger partial charge in [-0.2, -0.15) is 0 Å². The summed E-state index contributed by atoms with van der Waals surface area (Å²) >= 11 is 1.12. The molecule has 2 atom stereocenters. The summed E-state index contributed by atoms with van der Waals surface area (Å²) in [4.78, 5) is 10.9.